The number of nitrogens with one attached hydrogen (secondary N) is 3. The molecule has 0 bridgehead atoms. The highest BCUT2D eigenvalue weighted by molar-refractivity contribution is 7.89. The number of aromatic amines is 2. The Hall–Kier alpha value is -2.39. The molecule has 0 radical (unpaired) electrons. The van der Waals surface area contributed by atoms with Crippen molar-refractivity contribution in [2.24, 2.45) is 7.05 Å². The number of sulfonamides is 1. The van der Waals surface area contributed by atoms with E-state index >= 15 is 0 Å². The summed E-state index contributed by atoms with van der Waals surface area (Å²) in [5.41, 5.74) is 1.40. The number of aryl methyl sites for hydroxylation is 1. The number of nitrogens with zero attached hydrogens (tertiary/aromatic N) is 2. The second-order valence-electron chi connectivity index (χ2n) is 4.63. The SMILES string of the molecule is Cn1cc(CNS(=O)(=O)c2ccc3[nH]c(=O)[nH]c3c2)cn1. The monoisotopic (exact) mass is 307 g/mol. The van der Waals surface area contributed by atoms with E-state index in [4.69, 9.17) is 0 Å². The van der Waals surface area contributed by atoms with Gasteiger partial charge >= 0.3 is 5.69 Å². The summed E-state index contributed by atoms with van der Waals surface area (Å²) in [6, 6.07) is 4.41. The van der Waals surface area contributed by atoms with Gasteiger partial charge in [-0.2, -0.15) is 5.10 Å². The molecule has 3 rings (SSSR count). The lowest BCUT2D eigenvalue weighted by Gasteiger charge is -2.05. The Balaban J connectivity index is 1.86. The van der Waals surface area contributed by atoms with E-state index in [-0.39, 0.29) is 17.1 Å². The van der Waals surface area contributed by atoms with Crippen molar-refractivity contribution in [1.82, 2.24) is 24.5 Å². The molecular formula is C12H13N5O3S. The topological polar surface area (TPSA) is 113 Å². The zero-order valence-electron chi connectivity index (χ0n) is 11.1. The Morgan fingerprint density at radius 2 is 2.05 bits per heavy atom. The highest BCUT2D eigenvalue weighted by Crippen LogP contribution is 2.15. The molecule has 21 heavy (non-hydrogen) atoms. The van der Waals surface area contributed by atoms with Crippen molar-refractivity contribution in [3.05, 3.63) is 46.6 Å². The summed E-state index contributed by atoms with van der Waals surface area (Å²) in [4.78, 5) is 16.4. The van der Waals surface area contributed by atoms with Gasteiger partial charge in [0.15, 0.2) is 0 Å². The Kier molecular flexibility index (Phi) is 3.15. The van der Waals surface area contributed by atoms with Gasteiger partial charge in [0, 0.05) is 25.4 Å². The maximum Gasteiger partial charge on any atom is 0.323 e. The molecule has 0 saturated heterocycles. The minimum atomic E-state index is -3.65. The third-order valence-corrected chi connectivity index (χ3v) is 4.42. The summed E-state index contributed by atoms with van der Waals surface area (Å²) in [5.74, 6) is 0. The van der Waals surface area contributed by atoms with Gasteiger partial charge in [0.05, 0.1) is 22.1 Å². The summed E-state index contributed by atoms with van der Waals surface area (Å²) in [6.45, 7) is 0.151. The molecule has 0 aliphatic heterocycles. The fraction of sp³-hybridized carbons (Fsp3) is 0.167. The van der Waals surface area contributed by atoms with E-state index in [0.717, 1.165) is 5.56 Å². The molecule has 0 atom stereocenters. The Labute approximate surface area is 119 Å². The van der Waals surface area contributed by atoms with Gasteiger partial charge in [0.1, 0.15) is 0 Å². The molecular weight excluding hydrogens is 294 g/mol. The maximum absolute atomic E-state index is 12.2. The Morgan fingerprint density at radius 1 is 1.29 bits per heavy atom. The molecule has 1 aromatic carbocycles. The van der Waals surface area contributed by atoms with Crippen molar-refractivity contribution in [2.45, 2.75) is 11.4 Å². The lowest BCUT2D eigenvalue weighted by Crippen LogP contribution is -2.23. The van der Waals surface area contributed by atoms with Gasteiger partial charge in [-0.05, 0) is 18.2 Å². The van der Waals surface area contributed by atoms with Gasteiger partial charge in [-0.25, -0.2) is 17.9 Å². The lowest BCUT2D eigenvalue weighted by atomic mass is 10.3. The average molecular weight is 307 g/mol. The minimum absolute atomic E-state index is 0.0918. The van der Waals surface area contributed by atoms with Crippen LogP contribution in [0.3, 0.4) is 0 Å². The quantitative estimate of drug-likeness (QED) is 0.633. The molecule has 8 nitrogen and oxygen atoms in total. The van der Waals surface area contributed by atoms with Crippen LogP contribution in [0.5, 0.6) is 0 Å². The van der Waals surface area contributed by atoms with E-state index < -0.39 is 10.0 Å². The molecule has 3 aromatic rings. The largest absolute Gasteiger partial charge is 0.323 e. The number of H-pyrrole nitrogens is 2. The normalized spacial score (nSPS) is 12.0. The first kappa shape index (κ1) is 13.6. The van der Waals surface area contributed by atoms with Gasteiger partial charge in [0.2, 0.25) is 10.0 Å². The summed E-state index contributed by atoms with van der Waals surface area (Å²) in [5, 5.41) is 3.97. The average Bonchev–Trinajstić information content (AvgIpc) is 3.00. The fourth-order valence-corrected chi connectivity index (χ4v) is 3.05. The van der Waals surface area contributed by atoms with Crippen LogP contribution in [0.2, 0.25) is 0 Å². The number of fused-ring (bicyclic) bond motifs is 1. The predicted octanol–water partition coefficient (Wildman–Crippen LogP) is 0.0682. The highest BCUT2D eigenvalue weighted by atomic mass is 32.2. The summed E-state index contributed by atoms with van der Waals surface area (Å²) < 4.78 is 28.5. The van der Waals surface area contributed by atoms with Gasteiger partial charge < -0.3 is 9.97 Å². The molecule has 0 unspecified atom stereocenters. The Bertz CT molecular complexity index is 951. The van der Waals surface area contributed by atoms with Crippen LogP contribution >= 0.6 is 0 Å². The molecule has 0 spiro atoms. The fourth-order valence-electron chi connectivity index (χ4n) is 2.00. The smallest absolute Gasteiger partial charge is 0.306 e. The van der Waals surface area contributed by atoms with Crippen LogP contribution in [0.4, 0.5) is 0 Å². The van der Waals surface area contributed by atoms with Crippen LogP contribution < -0.4 is 10.4 Å². The molecule has 0 fully saturated rings. The number of aromatic nitrogens is 4. The summed E-state index contributed by atoms with van der Waals surface area (Å²) >= 11 is 0. The molecule has 0 aliphatic rings. The van der Waals surface area contributed by atoms with E-state index in [2.05, 4.69) is 19.8 Å². The molecule has 0 amide bonds. The second-order valence-corrected chi connectivity index (χ2v) is 6.40. The zero-order chi connectivity index (χ0) is 15.0. The molecule has 2 heterocycles. The van der Waals surface area contributed by atoms with E-state index in [1.165, 1.54) is 12.1 Å². The third-order valence-electron chi connectivity index (χ3n) is 3.02. The summed E-state index contributed by atoms with van der Waals surface area (Å²) in [7, 11) is -1.90. The van der Waals surface area contributed by atoms with Gasteiger partial charge in [0.25, 0.3) is 0 Å². The van der Waals surface area contributed by atoms with Gasteiger partial charge in [-0.15, -0.1) is 0 Å². The van der Waals surface area contributed by atoms with Crippen molar-refractivity contribution in [1.29, 1.82) is 0 Å². The van der Waals surface area contributed by atoms with Gasteiger partial charge in [-0.3, -0.25) is 4.68 Å². The number of imidazole rings is 1. The number of hydrogen-bond acceptors (Lipinski definition) is 4. The molecule has 9 heteroatoms. The standard InChI is InChI=1S/C12H13N5O3S/c1-17-7-8(5-13-17)6-14-21(19,20)9-2-3-10-11(4-9)16-12(18)15-10/h2-5,7,14H,6H2,1H3,(H2,15,16,18). The van der Waals surface area contributed by atoms with Crippen LogP contribution in [0.25, 0.3) is 11.0 Å². The number of benzene rings is 1. The molecule has 110 valence electrons. The zero-order valence-corrected chi connectivity index (χ0v) is 11.9. The molecule has 3 N–H and O–H groups in total. The van der Waals surface area contributed by atoms with Crippen LogP contribution in [-0.4, -0.2) is 28.2 Å². The van der Waals surface area contributed by atoms with E-state index in [9.17, 15) is 13.2 Å². The highest BCUT2D eigenvalue weighted by Gasteiger charge is 2.15. The van der Waals surface area contributed by atoms with E-state index in [1.54, 1.807) is 30.2 Å². The second kappa shape index (κ2) is 4.86. The minimum Gasteiger partial charge on any atom is -0.306 e. The number of hydrogen-bond donors (Lipinski definition) is 3. The first-order chi connectivity index (χ1) is 9.94. The van der Waals surface area contributed by atoms with E-state index in [0.29, 0.717) is 11.0 Å². The third kappa shape index (κ3) is 2.73. The van der Waals surface area contributed by atoms with Crippen LogP contribution in [0, 0.1) is 0 Å². The molecule has 0 aliphatic carbocycles. The Morgan fingerprint density at radius 3 is 2.76 bits per heavy atom. The maximum atomic E-state index is 12.2. The van der Waals surface area contributed by atoms with E-state index in [1.807, 2.05) is 0 Å². The lowest BCUT2D eigenvalue weighted by molar-refractivity contribution is 0.581. The first-order valence-electron chi connectivity index (χ1n) is 6.13. The molecule has 0 saturated carbocycles. The number of rotatable bonds is 4. The summed E-state index contributed by atoms with van der Waals surface area (Å²) in [6.07, 6.45) is 3.32. The van der Waals surface area contributed by atoms with Crippen molar-refractivity contribution >= 4 is 21.1 Å². The van der Waals surface area contributed by atoms with Crippen LogP contribution in [0.15, 0.2) is 40.3 Å². The van der Waals surface area contributed by atoms with Crippen molar-refractivity contribution in [3.8, 4) is 0 Å². The van der Waals surface area contributed by atoms with Crippen molar-refractivity contribution < 1.29 is 8.42 Å². The van der Waals surface area contributed by atoms with Crippen LogP contribution in [0.1, 0.15) is 5.56 Å². The molecule has 2 aromatic heterocycles. The van der Waals surface area contributed by atoms with Crippen molar-refractivity contribution in [3.63, 3.8) is 0 Å². The van der Waals surface area contributed by atoms with Crippen molar-refractivity contribution in [2.75, 3.05) is 0 Å². The first-order valence-corrected chi connectivity index (χ1v) is 7.61. The van der Waals surface area contributed by atoms with Gasteiger partial charge in [-0.1, -0.05) is 0 Å². The van der Waals surface area contributed by atoms with Crippen LogP contribution in [-0.2, 0) is 23.6 Å². The predicted molar refractivity (Wildman–Crippen MR) is 76.2 cm³/mol.